The monoisotopic (exact) mass is 421 g/mol. The maximum Gasteiger partial charge on any atom is 0.280 e. The van der Waals surface area contributed by atoms with Crippen molar-refractivity contribution < 1.29 is 0 Å². The van der Waals surface area contributed by atoms with Gasteiger partial charge in [-0.15, -0.1) is 10.2 Å². The molecule has 1 aromatic carbocycles. The second-order valence-corrected chi connectivity index (χ2v) is 8.65. The van der Waals surface area contributed by atoms with Crippen molar-refractivity contribution in [2.75, 3.05) is 0 Å². The van der Waals surface area contributed by atoms with E-state index in [4.69, 9.17) is 16.7 Å². The molecule has 0 N–H and O–H groups in total. The molecular formula is C23H24ClN5O. The fraction of sp³-hybridized carbons (Fsp3) is 0.391. The van der Waals surface area contributed by atoms with Crippen LogP contribution >= 0.6 is 11.6 Å². The molecule has 0 radical (unpaired) electrons. The first-order chi connectivity index (χ1) is 14.6. The fourth-order valence-corrected chi connectivity index (χ4v) is 4.86. The van der Waals surface area contributed by atoms with Gasteiger partial charge in [-0.25, -0.2) is 4.52 Å². The average Bonchev–Trinajstić information content (AvgIpc) is 3.14. The van der Waals surface area contributed by atoms with E-state index >= 15 is 0 Å². The van der Waals surface area contributed by atoms with Gasteiger partial charge >= 0.3 is 0 Å². The van der Waals surface area contributed by atoms with E-state index in [0.29, 0.717) is 27.6 Å². The number of hydrogen-bond acceptors (Lipinski definition) is 4. The SMILES string of the molecule is CCc1nn2c(nnc3c(=O)n([C@@H]4CCCC[C@@H]4C)ccc32)c1-c1ccc(Cl)cc1. The molecule has 6 nitrogen and oxygen atoms in total. The van der Waals surface area contributed by atoms with Gasteiger partial charge in [0.05, 0.1) is 11.3 Å². The minimum Gasteiger partial charge on any atom is -0.310 e. The van der Waals surface area contributed by atoms with Crippen LogP contribution in [0.2, 0.25) is 5.02 Å². The lowest BCUT2D eigenvalue weighted by Crippen LogP contribution is -2.31. The lowest BCUT2D eigenvalue weighted by Gasteiger charge is -2.30. The zero-order chi connectivity index (χ0) is 20.8. The number of aromatic nitrogens is 5. The Bertz CT molecular complexity index is 1290. The van der Waals surface area contributed by atoms with E-state index in [1.54, 1.807) is 4.52 Å². The second-order valence-electron chi connectivity index (χ2n) is 8.21. The standard InChI is InChI=1S/C23H24ClN5O/c1-3-17-20(15-8-10-16(24)11-9-15)22-26-25-21-19(29(22)27-17)12-13-28(23(21)30)18-7-5-4-6-14(18)2/h8-14,18H,3-7H2,1-2H3/t14-,18+/m0/s1. The highest BCUT2D eigenvalue weighted by Crippen LogP contribution is 2.33. The van der Waals surface area contributed by atoms with Gasteiger partial charge in [-0.05, 0) is 48.9 Å². The summed E-state index contributed by atoms with van der Waals surface area (Å²) in [6.45, 7) is 4.29. The van der Waals surface area contributed by atoms with Gasteiger partial charge in [-0.3, -0.25) is 4.79 Å². The second kappa shape index (κ2) is 7.51. The first-order valence-corrected chi connectivity index (χ1v) is 11.0. The Hall–Kier alpha value is -2.73. The predicted molar refractivity (Wildman–Crippen MR) is 119 cm³/mol. The van der Waals surface area contributed by atoms with Crippen LogP contribution in [-0.2, 0) is 6.42 Å². The van der Waals surface area contributed by atoms with Crippen molar-refractivity contribution in [3.05, 3.63) is 57.6 Å². The third kappa shape index (κ3) is 3.01. The first kappa shape index (κ1) is 19.2. The molecule has 2 atom stereocenters. The highest BCUT2D eigenvalue weighted by atomic mass is 35.5. The lowest BCUT2D eigenvalue weighted by atomic mass is 9.85. The van der Waals surface area contributed by atoms with Gasteiger partial charge in [0.2, 0.25) is 0 Å². The number of hydrogen-bond donors (Lipinski definition) is 0. The van der Waals surface area contributed by atoms with Crippen LogP contribution in [0.5, 0.6) is 0 Å². The maximum atomic E-state index is 13.3. The maximum absolute atomic E-state index is 13.3. The topological polar surface area (TPSA) is 65.1 Å². The Balaban J connectivity index is 1.72. The molecule has 0 spiro atoms. The molecule has 4 aromatic rings. The summed E-state index contributed by atoms with van der Waals surface area (Å²) >= 11 is 6.06. The Kier molecular flexibility index (Phi) is 4.82. The van der Waals surface area contributed by atoms with Crippen LogP contribution in [-0.4, -0.2) is 24.4 Å². The average molecular weight is 422 g/mol. The Morgan fingerprint density at radius 1 is 1.10 bits per heavy atom. The number of nitrogens with zero attached hydrogens (tertiary/aromatic N) is 5. The highest BCUT2D eigenvalue weighted by molar-refractivity contribution is 6.30. The number of benzene rings is 1. The highest BCUT2D eigenvalue weighted by Gasteiger charge is 2.25. The third-order valence-electron chi connectivity index (χ3n) is 6.37. The number of rotatable bonds is 3. The van der Waals surface area contributed by atoms with Gasteiger partial charge in [-0.2, -0.15) is 5.10 Å². The summed E-state index contributed by atoms with van der Waals surface area (Å²) in [7, 11) is 0. The zero-order valence-electron chi connectivity index (χ0n) is 17.2. The van der Waals surface area contributed by atoms with Gasteiger partial charge in [0.25, 0.3) is 5.56 Å². The van der Waals surface area contributed by atoms with Crippen molar-refractivity contribution in [1.29, 1.82) is 0 Å². The third-order valence-corrected chi connectivity index (χ3v) is 6.62. The van der Waals surface area contributed by atoms with E-state index in [2.05, 4.69) is 24.0 Å². The molecular weight excluding hydrogens is 398 g/mol. The van der Waals surface area contributed by atoms with Crippen LogP contribution in [0.3, 0.4) is 0 Å². The lowest BCUT2D eigenvalue weighted by molar-refractivity contribution is 0.253. The number of fused-ring (bicyclic) bond motifs is 3. The van der Waals surface area contributed by atoms with Gasteiger partial charge in [0.15, 0.2) is 11.2 Å². The Labute approximate surface area is 179 Å². The molecule has 1 fully saturated rings. The summed E-state index contributed by atoms with van der Waals surface area (Å²) in [5, 5.41) is 14.3. The van der Waals surface area contributed by atoms with E-state index in [-0.39, 0.29) is 11.6 Å². The molecule has 0 saturated heterocycles. The van der Waals surface area contributed by atoms with Crippen LogP contribution in [0.4, 0.5) is 0 Å². The van der Waals surface area contributed by atoms with Crippen molar-refractivity contribution >= 4 is 28.3 Å². The van der Waals surface area contributed by atoms with Crippen LogP contribution < -0.4 is 5.56 Å². The van der Waals surface area contributed by atoms with E-state index in [1.165, 1.54) is 6.42 Å². The molecule has 1 aliphatic carbocycles. The molecule has 0 amide bonds. The summed E-state index contributed by atoms with van der Waals surface area (Å²) < 4.78 is 3.62. The van der Waals surface area contributed by atoms with E-state index in [1.807, 2.05) is 41.1 Å². The van der Waals surface area contributed by atoms with Crippen molar-refractivity contribution in [3.63, 3.8) is 0 Å². The molecule has 1 aliphatic rings. The molecule has 0 bridgehead atoms. The van der Waals surface area contributed by atoms with E-state index < -0.39 is 0 Å². The number of halogens is 1. The molecule has 1 saturated carbocycles. The molecule has 7 heteroatoms. The van der Waals surface area contributed by atoms with Crippen LogP contribution in [0.25, 0.3) is 27.8 Å². The van der Waals surface area contributed by atoms with Crippen LogP contribution in [0.1, 0.15) is 51.3 Å². The summed E-state index contributed by atoms with van der Waals surface area (Å²) in [6, 6.07) is 9.83. The van der Waals surface area contributed by atoms with Gasteiger partial charge < -0.3 is 4.57 Å². The van der Waals surface area contributed by atoms with Crippen LogP contribution in [0.15, 0.2) is 41.3 Å². The quantitative estimate of drug-likeness (QED) is 0.463. The summed E-state index contributed by atoms with van der Waals surface area (Å²) in [5.74, 6) is 0.485. The largest absolute Gasteiger partial charge is 0.310 e. The van der Waals surface area contributed by atoms with E-state index in [0.717, 1.165) is 42.5 Å². The molecule has 3 aromatic heterocycles. The van der Waals surface area contributed by atoms with Crippen molar-refractivity contribution in [3.8, 4) is 11.1 Å². The smallest absolute Gasteiger partial charge is 0.280 e. The Morgan fingerprint density at radius 2 is 1.87 bits per heavy atom. The van der Waals surface area contributed by atoms with Gasteiger partial charge in [0, 0.05) is 17.3 Å². The molecule has 0 aliphatic heterocycles. The minimum atomic E-state index is -0.0813. The predicted octanol–water partition coefficient (Wildman–Crippen LogP) is 5.07. The molecule has 30 heavy (non-hydrogen) atoms. The summed E-state index contributed by atoms with van der Waals surface area (Å²) in [5.41, 5.74) is 4.49. The van der Waals surface area contributed by atoms with Gasteiger partial charge in [0.1, 0.15) is 5.52 Å². The van der Waals surface area contributed by atoms with Crippen molar-refractivity contribution in [2.24, 2.45) is 5.92 Å². The normalized spacial score (nSPS) is 19.6. The fourth-order valence-electron chi connectivity index (χ4n) is 4.74. The number of aryl methyl sites for hydroxylation is 1. The number of pyridine rings is 1. The Morgan fingerprint density at radius 3 is 2.60 bits per heavy atom. The summed E-state index contributed by atoms with van der Waals surface area (Å²) in [6.07, 6.45) is 7.25. The molecule has 154 valence electrons. The van der Waals surface area contributed by atoms with E-state index in [9.17, 15) is 4.79 Å². The molecule has 0 unspecified atom stereocenters. The molecule has 3 heterocycles. The first-order valence-electron chi connectivity index (χ1n) is 10.6. The zero-order valence-corrected chi connectivity index (χ0v) is 17.9. The van der Waals surface area contributed by atoms with Crippen molar-refractivity contribution in [1.82, 2.24) is 24.4 Å². The van der Waals surface area contributed by atoms with Crippen molar-refractivity contribution in [2.45, 2.75) is 52.0 Å². The molecule has 5 rings (SSSR count). The summed E-state index contributed by atoms with van der Waals surface area (Å²) in [4.78, 5) is 13.3. The minimum absolute atomic E-state index is 0.0813. The van der Waals surface area contributed by atoms with Gasteiger partial charge in [-0.1, -0.05) is 50.4 Å². The van der Waals surface area contributed by atoms with Crippen LogP contribution in [0, 0.1) is 5.92 Å².